The van der Waals surface area contributed by atoms with Gasteiger partial charge in [0.25, 0.3) is 0 Å². The Balaban J connectivity index is 2.16. The SMILES string of the molecule is CC(C(=O)NC(C)(C)C)N(Cc1c(Cl)cccc1Cl)C(=O)CCSc1ccccc1. The van der Waals surface area contributed by atoms with Crippen molar-refractivity contribution < 1.29 is 9.59 Å². The van der Waals surface area contributed by atoms with Gasteiger partial charge in [0.15, 0.2) is 0 Å². The van der Waals surface area contributed by atoms with Crippen molar-refractivity contribution in [2.24, 2.45) is 0 Å². The molecule has 2 aromatic rings. The van der Waals surface area contributed by atoms with Crippen molar-refractivity contribution in [2.75, 3.05) is 5.75 Å². The van der Waals surface area contributed by atoms with Gasteiger partial charge in [-0.3, -0.25) is 9.59 Å². The summed E-state index contributed by atoms with van der Waals surface area (Å²) < 4.78 is 0. The summed E-state index contributed by atoms with van der Waals surface area (Å²) >= 11 is 14.3. The van der Waals surface area contributed by atoms with Gasteiger partial charge < -0.3 is 10.2 Å². The van der Waals surface area contributed by atoms with E-state index in [-0.39, 0.29) is 18.4 Å². The van der Waals surface area contributed by atoms with Crippen LogP contribution in [0.25, 0.3) is 0 Å². The molecule has 1 unspecified atom stereocenters. The van der Waals surface area contributed by atoms with E-state index in [4.69, 9.17) is 23.2 Å². The van der Waals surface area contributed by atoms with E-state index in [1.165, 1.54) is 0 Å². The molecule has 0 heterocycles. The zero-order valence-electron chi connectivity index (χ0n) is 17.7. The molecule has 2 rings (SSSR count). The molecule has 30 heavy (non-hydrogen) atoms. The average Bonchev–Trinajstić information content (AvgIpc) is 2.66. The summed E-state index contributed by atoms with van der Waals surface area (Å²) in [7, 11) is 0. The first kappa shape index (κ1) is 24.6. The number of rotatable bonds is 8. The Labute approximate surface area is 193 Å². The first-order valence-electron chi connectivity index (χ1n) is 9.80. The monoisotopic (exact) mass is 466 g/mol. The molecule has 4 nitrogen and oxygen atoms in total. The van der Waals surface area contributed by atoms with Crippen LogP contribution >= 0.6 is 35.0 Å². The highest BCUT2D eigenvalue weighted by Gasteiger charge is 2.29. The van der Waals surface area contributed by atoms with Crippen LogP contribution in [-0.4, -0.2) is 34.0 Å². The zero-order chi connectivity index (χ0) is 22.3. The third-order valence-corrected chi connectivity index (χ3v) is 6.11. The lowest BCUT2D eigenvalue weighted by atomic mass is 10.1. The molecule has 2 amide bonds. The van der Waals surface area contributed by atoms with Gasteiger partial charge in [-0.1, -0.05) is 47.5 Å². The van der Waals surface area contributed by atoms with Gasteiger partial charge in [-0.15, -0.1) is 11.8 Å². The Morgan fingerprint density at radius 1 is 1.03 bits per heavy atom. The molecule has 0 aliphatic heterocycles. The largest absolute Gasteiger partial charge is 0.350 e. The van der Waals surface area contributed by atoms with Crippen molar-refractivity contribution in [3.8, 4) is 0 Å². The Kier molecular flexibility index (Phi) is 9.08. The van der Waals surface area contributed by atoms with E-state index in [1.807, 2.05) is 51.1 Å². The van der Waals surface area contributed by atoms with Crippen LogP contribution in [0.2, 0.25) is 10.0 Å². The predicted octanol–water partition coefficient (Wildman–Crippen LogP) is 5.81. The number of hydrogen-bond donors (Lipinski definition) is 1. The number of carbonyl (C=O) groups excluding carboxylic acids is 2. The Bertz CT molecular complexity index is 849. The number of benzene rings is 2. The van der Waals surface area contributed by atoms with Gasteiger partial charge in [0.1, 0.15) is 6.04 Å². The van der Waals surface area contributed by atoms with E-state index in [1.54, 1.807) is 41.8 Å². The van der Waals surface area contributed by atoms with Crippen molar-refractivity contribution >= 4 is 46.8 Å². The quantitative estimate of drug-likeness (QED) is 0.499. The van der Waals surface area contributed by atoms with Gasteiger partial charge in [-0.2, -0.15) is 0 Å². The fourth-order valence-corrected chi connectivity index (χ4v) is 4.21. The lowest BCUT2D eigenvalue weighted by Gasteiger charge is -2.32. The molecule has 0 aromatic heterocycles. The first-order chi connectivity index (χ1) is 14.1. The summed E-state index contributed by atoms with van der Waals surface area (Å²) in [6.07, 6.45) is 0.300. The van der Waals surface area contributed by atoms with Crippen molar-refractivity contribution in [1.29, 1.82) is 0 Å². The molecule has 7 heteroatoms. The van der Waals surface area contributed by atoms with Crippen LogP contribution in [-0.2, 0) is 16.1 Å². The summed E-state index contributed by atoms with van der Waals surface area (Å²) in [5.41, 5.74) is 0.242. The third kappa shape index (κ3) is 7.53. The maximum absolute atomic E-state index is 13.1. The summed E-state index contributed by atoms with van der Waals surface area (Å²) in [5.74, 6) is 0.282. The lowest BCUT2D eigenvalue weighted by molar-refractivity contribution is -0.140. The molecule has 0 bridgehead atoms. The molecule has 0 spiro atoms. The Morgan fingerprint density at radius 2 is 1.63 bits per heavy atom. The van der Waals surface area contributed by atoms with Crippen LogP contribution in [0.1, 0.15) is 39.7 Å². The van der Waals surface area contributed by atoms with Gasteiger partial charge in [-0.05, 0) is 52.0 Å². The molecule has 0 aliphatic carbocycles. The second-order valence-corrected chi connectivity index (χ2v) is 10.0. The number of thioether (sulfide) groups is 1. The van der Waals surface area contributed by atoms with E-state index in [2.05, 4.69) is 5.32 Å². The van der Waals surface area contributed by atoms with Crippen LogP contribution in [0.15, 0.2) is 53.4 Å². The minimum atomic E-state index is -0.661. The fourth-order valence-electron chi connectivity index (χ4n) is 2.83. The molecule has 0 fully saturated rings. The normalized spacial score (nSPS) is 12.3. The van der Waals surface area contributed by atoms with Gasteiger partial charge in [0, 0.05) is 44.8 Å². The predicted molar refractivity (Wildman–Crippen MR) is 126 cm³/mol. The molecule has 1 N–H and O–H groups in total. The molecule has 162 valence electrons. The van der Waals surface area contributed by atoms with Crippen molar-refractivity contribution in [2.45, 2.75) is 57.1 Å². The molecular weight excluding hydrogens is 439 g/mol. The summed E-state index contributed by atoms with van der Waals surface area (Å²) in [6.45, 7) is 7.63. The second-order valence-electron chi connectivity index (χ2n) is 8.05. The summed E-state index contributed by atoms with van der Waals surface area (Å²) in [5, 5.41) is 3.90. The van der Waals surface area contributed by atoms with E-state index in [0.717, 1.165) is 4.90 Å². The smallest absolute Gasteiger partial charge is 0.242 e. The molecule has 0 aliphatic rings. The van der Waals surface area contributed by atoms with Crippen LogP contribution in [0.4, 0.5) is 0 Å². The number of halogens is 2. The number of nitrogens with zero attached hydrogens (tertiary/aromatic N) is 1. The molecule has 0 radical (unpaired) electrons. The highest BCUT2D eigenvalue weighted by Crippen LogP contribution is 2.27. The van der Waals surface area contributed by atoms with Gasteiger partial charge in [0.2, 0.25) is 11.8 Å². The Morgan fingerprint density at radius 3 is 2.20 bits per heavy atom. The molecule has 0 saturated carbocycles. The lowest BCUT2D eigenvalue weighted by Crippen LogP contribution is -2.52. The number of nitrogens with one attached hydrogen (secondary N) is 1. The van der Waals surface area contributed by atoms with E-state index >= 15 is 0 Å². The van der Waals surface area contributed by atoms with Crippen LogP contribution in [0.5, 0.6) is 0 Å². The maximum atomic E-state index is 13.1. The van der Waals surface area contributed by atoms with Gasteiger partial charge in [-0.25, -0.2) is 0 Å². The highest BCUT2D eigenvalue weighted by molar-refractivity contribution is 7.99. The molecule has 0 saturated heterocycles. The minimum Gasteiger partial charge on any atom is -0.350 e. The summed E-state index contributed by atoms with van der Waals surface area (Å²) in [6, 6.07) is 14.5. The molecule has 1 atom stereocenters. The number of hydrogen-bond acceptors (Lipinski definition) is 3. The standard InChI is InChI=1S/C23H28Cl2N2O2S/c1-16(22(29)26-23(2,3)4)27(15-18-19(24)11-8-12-20(18)25)21(28)13-14-30-17-9-6-5-7-10-17/h5-12,16H,13-15H2,1-4H3,(H,26,29). The summed E-state index contributed by atoms with van der Waals surface area (Å²) in [4.78, 5) is 28.6. The van der Waals surface area contributed by atoms with Crippen molar-refractivity contribution in [1.82, 2.24) is 10.2 Å². The van der Waals surface area contributed by atoms with Crippen LogP contribution in [0.3, 0.4) is 0 Å². The van der Waals surface area contributed by atoms with E-state index in [9.17, 15) is 9.59 Å². The van der Waals surface area contributed by atoms with Crippen LogP contribution in [0, 0.1) is 0 Å². The maximum Gasteiger partial charge on any atom is 0.242 e. The van der Waals surface area contributed by atoms with Gasteiger partial charge >= 0.3 is 0 Å². The second kappa shape index (κ2) is 11.1. The van der Waals surface area contributed by atoms with Crippen molar-refractivity contribution in [3.05, 3.63) is 64.1 Å². The number of amides is 2. The molecule has 2 aromatic carbocycles. The Hall–Kier alpha value is -1.69. The van der Waals surface area contributed by atoms with Crippen molar-refractivity contribution in [3.63, 3.8) is 0 Å². The fraction of sp³-hybridized carbons (Fsp3) is 0.391. The minimum absolute atomic E-state index is 0.119. The van der Waals surface area contributed by atoms with Gasteiger partial charge in [0.05, 0.1) is 0 Å². The number of carbonyl (C=O) groups is 2. The van der Waals surface area contributed by atoms with E-state index < -0.39 is 11.6 Å². The average molecular weight is 467 g/mol. The van der Waals surface area contributed by atoms with E-state index in [0.29, 0.717) is 27.8 Å². The highest BCUT2D eigenvalue weighted by atomic mass is 35.5. The topological polar surface area (TPSA) is 49.4 Å². The third-order valence-electron chi connectivity index (χ3n) is 4.38. The first-order valence-corrected chi connectivity index (χ1v) is 11.5. The molecular formula is C23H28Cl2N2O2S. The van der Waals surface area contributed by atoms with Crippen LogP contribution < -0.4 is 5.32 Å². The zero-order valence-corrected chi connectivity index (χ0v) is 20.1.